The van der Waals surface area contributed by atoms with Gasteiger partial charge in [-0.25, -0.2) is 0 Å². The van der Waals surface area contributed by atoms with Crippen molar-refractivity contribution in [3.05, 3.63) is 11.8 Å². The predicted molar refractivity (Wildman–Crippen MR) is 41.7 cm³/mol. The van der Waals surface area contributed by atoms with Gasteiger partial charge in [-0.15, -0.1) is 6.42 Å². The van der Waals surface area contributed by atoms with Crippen LogP contribution in [0.3, 0.4) is 0 Å². The molecule has 13 heavy (non-hydrogen) atoms. The van der Waals surface area contributed by atoms with Crippen LogP contribution in [0.4, 0.5) is 13.2 Å². The van der Waals surface area contributed by atoms with Gasteiger partial charge in [0.2, 0.25) is 0 Å². The first-order valence-electron chi connectivity index (χ1n) is 3.34. The number of ketones is 1. The normalized spacial score (nSPS) is 12.1. The Kier molecular flexibility index (Phi) is 4.05. The molecule has 0 aromatic rings. The van der Waals surface area contributed by atoms with Crippen LogP contribution in [0.1, 0.15) is 6.92 Å². The van der Waals surface area contributed by atoms with Gasteiger partial charge in [0.05, 0.1) is 6.54 Å². The number of allylic oxidation sites excluding steroid dienone is 2. The first-order valence-corrected chi connectivity index (χ1v) is 3.34. The molecule has 0 saturated heterocycles. The third-order valence-corrected chi connectivity index (χ3v) is 1.10. The van der Waals surface area contributed by atoms with Crippen molar-refractivity contribution in [3.8, 4) is 12.3 Å². The number of carbonyl (C=O) groups excluding carboxylic acids is 1. The summed E-state index contributed by atoms with van der Waals surface area (Å²) >= 11 is 0. The average molecular weight is 191 g/mol. The van der Waals surface area contributed by atoms with Crippen LogP contribution in [-0.2, 0) is 4.79 Å². The van der Waals surface area contributed by atoms with Crippen LogP contribution in [0, 0.1) is 12.3 Å². The summed E-state index contributed by atoms with van der Waals surface area (Å²) in [6.45, 7) is 1.43. The molecule has 0 aliphatic rings. The Bertz CT molecular complexity index is 260. The standard InChI is InChI=1S/C8H8F3NO/c1-3-4-12-6(2)5-7(13)8(9,10)11/h1,5,12H,4H2,2H3/b6-5-. The van der Waals surface area contributed by atoms with Crippen LogP contribution in [0.2, 0.25) is 0 Å². The summed E-state index contributed by atoms with van der Waals surface area (Å²) in [7, 11) is 0. The minimum atomic E-state index is -4.82. The second-order valence-corrected chi connectivity index (χ2v) is 2.25. The van der Waals surface area contributed by atoms with Crippen molar-refractivity contribution in [2.75, 3.05) is 6.54 Å². The zero-order chi connectivity index (χ0) is 10.5. The van der Waals surface area contributed by atoms with E-state index in [0.29, 0.717) is 6.08 Å². The summed E-state index contributed by atoms with van der Waals surface area (Å²) in [5, 5.41) is 2.44. The smallest absolute Gasteiger partial charge is 0.378 e. The van der Waals surface area contributed by atoms with Crippen molar-refractivity contribution in [2.45, 2.75) is 13.1 Å². The van der Waals surface area contributed by atoms with Crippen molar-refractivity contribution < 1.29 is 18.0 Å². The number of rotatable bonds is 3. The fourth-order valence-corrected chi connectivity index (χ4v) is 0.520. The van der Waals surface area contributed by atoms with Gasteiger partial charge in [-0.2, -0.15) is 13.2 Å². The van der Waals surface area contributed by atoms with Crippen LogP contribution >= 0.6 is 0 Å². The molecule has 0 aliphatic carbocycles. The van der Waals surface area contributed by atoms with Crippen LogP contribution in [0.5, 0.6) is 0 Å². The van der Waals surface area contributed by atoms with E-state index in [9.17, 15) is 18.0 Å². The van der Waals surface area contributed by atoms with Crippen molar-refractivity contribution >= 4 is 5.78 Å². The maximum Gasteiger partial charge on any atom is 0.454 e. The van der Waals surface area contributed by atoms with E-state index in [2.05, 4.69) is 11.2 Å². The Balaban J connectivity index is 4.25. The van der Waals surface area contributed by atoms with Gasteiger partial charge >= 0.3 is 6.18 Å². The third-order valence-electron chi connectivity index (χ3n) is 1.10. The minimum absolute atomic E-state index is 0.0907. The summed E-state index contributed by atoms with van der Waals surface area (Å²) in [6, 6.07) is 0. The zero-order valence-electron chi connectivity index (χ0n) is 6.90. The molecule has 0 aromatic heterocycles. The second kappa shape index (κ2) is 4.55. The molecule has 0 saturated carbocycles. The zero-order valence-corrected chi connectivity index (χ0v) is 6.90. The molecule has 0 bridgehead atoms. The highest BCUT2D eigenvalue weighted by atomic mass is 19.4. The molecule has 0 heterocycles. The Morgan fingerprint density at radius 3 is 2.54 bits per heavy atom. The van der Waals surface area contributed by atoms with Gasteiger partial charge in [-0.05, 0) is 6.92 Å². The van der Waals surface area contributed by atoms with Gasteiger partial charge in [0.25, 0.3) is 5.78 Å². The Hall–Kier alpha value is -1.44. The van der Waals surface area contributed by atoms with Crippen molar-refractivity contribution in [1.82, 2.24) is 5.32 Å². The van der Waals surface area contributed by atoms with E-state index < -0.39 is 12.0 Å². The molecule has 0 aromatic carbocycles. The minimum Gasteiger partial charge on any atom is -0.378 e. The first kappa shape index (κ1) is 11.6. The van der Waals surface area contributed by atoms with Crippen molar-refractivity contribution in [1.29, 1.82) is 0 Å². The topological polar surface area (TPSA) is 29.1 Å². The third kappa shape index (κ3) is 4.90. The summed E-state index contributed by atoms with van der Waals surface area (Å²) < 4.78 is 35.0. The predicted octanol–water partition coefficient (Wildman–Crippen LogP) is 1.24. The number of hydrogen-bond acceptors (Lipinski definition) is 2. The molecule has 72 valence electrons. The molecular weight excluding hydrogens is 183 g/mol. The van der Waals surface area contributed by atoms with Crippen molar-refractivity contribution in [2.24, 2.45) is 0 Å². The van der Waals surface area contributed by atoms with E-state index in [-0.39, 0.29) is 12.2 Å². The summed E-state index contributed by atoms with van der Waals surface area (Å²) in [6.07, 6.45) is 0.496. The van der Waals surface area contributed by atoms with Gasteiger partial charge in [0.15, 0.2) is 0 Å². The number of nitrogens with one attached hydrogen (secondary N) is 1. The summed E-state index contributed by atoms with van der Waals surface area (Å²) in [5.74, 6) is 0.272. The summed E-state index contributed by atoms with van der Waals surface area (Å²) in [5.41, 5.74) is 0.0975. The molecule has 0 fully saturated rings. The van der Waals surface area contributed by atoms with Gasteiger partial charge in [-0.1, -0.05) is 5.92 Å². The van der Waals surface area contributed by atoms with Crippen LogP contribution < -0.4 is 5.32 Å². The Morgan fingerprint density at radius 1 is 1.62 bits per heavy atom. The van der Waals surface area contributed by atoms with Crippen LogP contribution in [0.25, 0.3) is 0 Å². The highest BCUT2D eigenvalue weighted by Crippen LogP contribution is 2.16. The molecular formula is C8H8F3NO. The lowest BCUT2D eigenvalue weighted by atomic mass is 10.3. The van der Waals surface area contributed by atoms with Gasteiger partial charge in [-0.3, -0.25) is 4.79 Å². The molecule has 0 spiro atoms. The highest BCUT2D eigenvalue weighted by Gasteiger charge is 2.36. The lowest BCUT2D eigenvalue weighted by Gasteiger charge is -2.03. The summed E-state index contributed by atoms with van der Waals surface area (Å²) in [4.78, 5) is 10.3. The largest absolute Gasteiger partial charge is 0.454 e. The molecule has 5 heteroatoms. The number of carbonyl (C=O) groups is 1. The maximum atomic E-state index is 11.7. The number of terminal acetylenes is 1. The number of halogens is 3. The SMILES string of the molecule is C#CCN/C(C)=C\C(=O)C(F)(F)F. The number of hydrogen-bond donors (Lipinski definition) is 1. The molecule has 0 radical (unpaired) electrons. The molecule has 0 atom stereocenters. The van der Waals surface area contributed by atoms with Crippen LogP contribution in [-0.4, -0.2) is 18.5 Å². The molecule has 2 nitrogen and oxygen atoms in total. The molecule has 0 rings (SSSR count). The molecule has 0 unspecified atom stereocenters. The van der Waals surface area contributed by atoms with Gasteiger partial charge in [0, 0.05) is 11.8 Å². The molecule has 1 N–H and O–H groups in total. The van der Waals surface area contributed by atoms with Gasteiger partial charge in [0.1, 0.15) is 0 Å². The average Bonchev–Trinajstić information content (AvgIpc) is 1.99. The fourth-order valence-electron chi connectivity index (χ4n) is 0.520. The van der Waals surface area contributed by atoms with Gasteiger partial charge < -0.3 is 5.32 Å². The molecule has 0 aliphatic heterocycles. The Morgan fingerprint density at radius 2 is 2.15 bits per heavy atom. The van der Waals surface area contributed by atoms with E-state index in [1.165, 1.54) is 6.92 Å². The quantitative estimate of drug-likeness (QED) is 0.537. The van der Waals surface area contributed by atoms with E-state index >= 15 is 0 Å². The van der Waals surface area contributed by atoms with E-state index in [4.69, 9.17) is 6.42 Å². The lowest BCUT2D eigenvalue weighted by Crippen LogP contribution is -2.22. The Labute approximate surface area is 73.8 Å². The fraction of sp³-hybridized carbons (Fsp3) is 0.375. The van der Waals surface area contributed by atoms with Crippen LogP contribution in [0.15, 0.2) is 11.8 Å². The highest BCUT2D eigenvalue weighted by molar-refractivity contribution is 5.94. The first-order chi connectivity index (χ1) is 5.88. The monoisotopic (exact) mass is 191 g/mol. The molecule has 0 amide bonds. The number of alkyl halides is 3. The van der Waals surface area contributed by atoms with E-state index in [1.807, 2.05) is 0 Å². The van der Waals surface area contributed by atoms with E-state index in [0.717, 1.165) is 0 Å². The lowest BCUT2D eigenvalue weighted by molar-refractivity contribution is -0.165. The second-order valence-electron chi connectivity index (χ2n) is 2.25. The maximum absolute atomic E-state index is 11.7. The van der Waals surface area contributed by atoms with E-state index in [1.54, 1.807) is 0 Å². The van der Waals surface area contributed by atoms with Crippen molar-refractivity contribution in [3.63, 3.8) is 0 Å².